The standard InChI is InChI=1S/C14H25N3O2/c1-14(2,3)17-9-11(8-12(17)18)16-13(19)15-10-6-4-5-7-10/h10-11H,4-9H2,1-3H3,(H2,15,16,19). The molecule has 0 aromatic rings. The Morgan fingerprint density at radius 2 is 1.74 bits per heavy atom. The minimum absolute atomic E-state index is 0.0619. The average molecular weight is 267 g/mol. The number of hydrogen-bond donors (Lipinski definition) is 2. The van der Waals surface area contributed by atoms with Gasteiger partial charge in [0.2, 0.25) is 5.91 Å². The smallest absolute Gasteiger partial charge is 0.315 e. The normalized spacial score (nSPS) is 24.9. The van der Waals surface area contributed by atoms with Crippen molar-refractivity contribution in [2.24, 2.45) is 0 Å². The summed E-state index contributed by atoms with van der Waals surface area (Å²) in [5.74, 6) is 0.124. The fourth-order valence-corrected chi connectivity index (χ4v) is 2.93. The van der Waals surface area contributed by atoms with Crippen molar-refractivity contribution in [1.82, 2.24) is 15.5 Å². The number of hydrogen-bond acceptors (Lipinski definition) is 2. The van der Waals surface area contributed by atoms with Gasteiger partial charge in [0.05, 0.1) is 6.04 Å². The number of carbonyl (C=O) groups excluding carboxylic acids is 2. The summed E-state index contributed by atoms with van der Waals surface area (Å²) < 4.78 is 0. The fraction of sp³-hybridized carbons (Fsp3) is 0.857. The molecule has 5 nitrogen and oxygen atoms in total. The molecule has 108 valence electrons. The molecule has 2 aliphatic rings. The summed E-state index contributed by atoms with van der Waals surface area (Å²) in [7, 11) is 0. The van der Waals surface area contributed by atoms with Gasteiger partial charge < -0.3 is 15.5 Å². The van der Waals surface area contributed by atoms with Crippen molar-refractivity contribution in [1.29, 1.82) is 0 Å². The second-order valence-corrected chi connectivity index (χ2v) is 6.68. The maximum Gasteiger partial charge on any atom is 0.315 e. The van der Waals surface area contributed by atoms with Crippen molar-refractivity contribution in [3.8, 4) is 0 Å². The zero-order valence-electron chi connectivity index (χ0n) is 12.2. The third kappa shape index (κ3) is 3.61. The first-order chi connectivity index (χ1) is 8.86. The third-order valence-corrected chi connectivity index (χ3v) is 3.96. The van der Waals surface area contributed by atoms with Crippen molar-refractivity contribution in [3.63, 3.8) is 0 Å². The van der Waals surface area contributed by atoms with E-state index in [1.54, 1.807) is 0 Å². The Balaban J connectivity index is 1.80. The zero-order chi connectivity index (χ0) is 14.0. The van der Waals surface area contributed by atoms with Crippen molar-refractivity contribution >= 4 is 11.9 Å². The summed E-state index contributed by atoms with van der Waals surface area (Å²) >= 11 is 0. The molecule has 0 aromatic heterocycles. The van der Waals surface area contributed by atoms with Crippen LogP contribution in [0.3, 0.4) is 0 Å². The highest BCUT2D eigenvalue weighted by atomic mass is 16.2. The summed E-state index contributed by atoms with van der Waals surface area (Å²) in [6, 6.07) is 0.129. The largest absolute Gasteiger partial charge is 0.336 e. The van der Waals surface area contributed by atoms with Gasteiger partial charge in [-0.1, -0.05) is 12.8 Å². The van der Waals surface area contributed by atoms with Crippen molar-refractivity contribution in [2.45, 2.75) is 70.5 Å². The second-order valence-electron chi connectivity index (χ2n) is 6.68. The predicted octanol–water partition coefficient (Wildman–Crippen LogP) is 1.63. The SMILES string of the molecule is CC(C)(C)N1CC(NC(=O)NC2CCCC2)CC1=O. The van der Waals surface area contributed by atoms with Crippen LogP contribution in [-0.4, -0.2) is 41.0 Å². The Morgan fingerprint density at radius 3 is 2.26 bits per heavy atom. The van der Waals surface area contributed by atoms with Crippen molar-refractivity contribution in [3.05, 3.63) is 0 Å². The summed E-state index contributed by atoms with van der Waals surface area (Å²) in [4.78, 5) is 25.6. The monoisotopic (exact) mass is 267 g/mol. The maximum absolute atomic E-state index is 11.9. The molecule has 0 bridgehead atoms. The van der Waals surface area contributed by atoms with Crippen LogP contribution in [-0.2, 0) is 4.79 Å². The van der Waals surface area contributed by atoms with E-state index in [0.29, 0.717) is 19.0 Å². The van der Waals surface area contributed by atoms with Gasteiger partial charge in [0, 0.05) is 24.5 Å². The van der Waals surface area contributed by atoms with Crippen LogP contribution in [0.5, 0.6) is 0 Å². The van der Waals surface area contributed by atoms with Gasteiger partial charge in [-0.15, -0.1) is 0 Å². The first kappa shape index (κ1) is 14.2. The van der Waals surface area contributed by atoms with Crippen LogP contribution >= 0.6 is 0 Å². The minimum atomic E-state index is -0.171. The van der Waals surface area contributed by atoms with E-state index in [4.69, 9.17) is 0 Å². The van der Waals surface area contributed by atoms with E-state index in [9.17, 15) is 9.59 Å². The van der Waals surface area contributed by atoms with Gasteiger partial charge >= 0.3 is 6.03 Å². The summed E-state index contributed by atoms with van der Waals surface area (Å²) in [6.45, 7) is 6.67. The van der Waals surface area contributed by atoms with Crippen LogP contribution in [0.15, 0.2) is 0 Å². The topological polar surface area (TPSA) is 61.4 Å². The molecular formula is C14H25N3O2. The summed E-state index contributed by atoms with van der Waals surface area (Å²) in [6.07, 6.45) is 4.96. The van der Waals surface area contributed by atoms with Gasteiger partial charge in [0.1, 0.15) is 0 Å². The Bertz CT molecular complexity index is 356. The number of amides is 3. The van der Waals surface area contributed by atoms with Crippen LogP contribution in [0.25, 0.3) is 0 Å². The molecule has 1 atom stereocenters. The highest BCUT2D eigenvalue weighted by Crippen LogP contribution is 2.22. The molecule has 2 rings (SSSR count). The molecule has 2 fully saturated rings. The Morgan fingerprint density at radius 1 is 1.16 bits per heavy atom. The van der Waals surface area contributed by atoms with E-state index in [0.717, 1.165) is 12.8 Å². The van der Waals surface area contributed by atoms with E-state index in [1.165, 1.54) is 12.8 Å². The first-order valence-corrected chi connectivity index (χ1v) is 7.24. The Kier molecular flexibility index (Phi) is 4.02. The number of urea groups is 1. The van der Waals surface area contributed by atoms with E-state index in [1.807, 2.05) is 25.7 Å². The molecule has 3 amide bonds. The molecule has 19 heavy (non-hydrogen) atoms. The van der Waals surface area contributed by atoms with Gasteiger partial charge in [0.15, 0.2) is 0 Å². The minimum Gasteiger partial charge on any atom is -0.336 e. The molecule has 0 radical (unpaired) electrons. The molecule has 1 saturated heterocycles. The number of carbonyl (C=O) groups is 2. The average Bonchev–Trinajstić information content (AvgIpc) is 2.87. The van der Waals surface area contributed by atoms with Crippen LogP contribution in [0.2, 0.25) is 0 Å². The quantitative estimate of drug-likeness (QED) is 0.799. The van der Waals surface area contributed by atoms with Gasteiger partial charge in [-0.2, -0.15) is 0 Å². The van der Waals surface area contributed by atoms with Gasteiger partial charge in [-0.3, -0.25) is 4.79 Å². The van der Waals surface area contributed by atoms with Crippen LogP contribution in [0.1, 0.15) is 52.9 Å². The molecule has 1 aliphatic heterocycles. The highest BCUT2D eigenvalue weighted by molar-refractivity contribution is 5.82. The molecule has 0 aromatic carbocycles. The van der Waals surface area contributed by atoms with Gasteiger partial charge in [0.25, 0.3) is 0 Å². The van der Waals surface area contributed by atoms with Crippen LogP contribution in [0, 0.1) is 0 Å². The lowest BCUT2D eigenvalue weighted by Gasteiger charge is -2.32. The highest BCUT2D eigenvalue weighted by Gasteiger charge is 2.36. The van der Waals surface area contributed by atoms with Gasteiger partial charge in [-0.05, 0) is 33.6 Å². The summed E-state index contributed by atoms with van der Waals surface area (Å²) in [5.41, 5.74) is -0.171. The molecule has 5 heteroatoms. The van der Waals surface area contributed by atoms with Crippen LogP contribution in [0.4, 0.5) is 4.79 Å². The van der Waals surface area contributed by atoms with Crippen LogP contribution < -0.4 is 10.6 Å². The maximum atomic E-state index is 11.9. The van der Waals surface area contributed by atoms with Crippen molar-refractivity contribution in [2.75, 3.05) is 6.54 Å². The van der Waals surface area contributed by atoms with Gasteiger partial charge in [-0.25, -0.2) is 4.79 Å². The number of rotatable bonds is 2. The number of likely N-dealkylation sites (tertiary alicyclic amines) is 1. The number of nitrogens with zero attached hydrogens (tertiary/aromatic N) is 1. The molecule has 2 N–H and O–H groups in total. The zero-order valence-corrected chi connectivity index (χ0v) is 12.2. The first-order valence-electron chi connectivity index (χ1n) is 7.24. The molecule has 0 spiro atoms. The molecule has 1 unspecified atom stereocenters. The Hall–Kier alpha value is -1.26. The van der Waals surface area contributed by atoms with E-state index in [-0.39, 0.29) is 23.5 Å². The Labute approximate surface area is 115 Å². The fourth-order valence-electron chi connectivity index (χ4n) is 2.93. The molecular weight excluding hydrogens is 242 g/mol. The molecule has 1 aliphatic carbocycles. The van der Waals surface area contributed by atoms with Crippen molar-refractivity contribution < 1.29 is 9.59 Å². The third-order valence-electron chi connectivity index (χ3n) is 3.96. The lowest BCUT2D eigenvalue weighted by molar-refractivity contribution is -0.131. The number of nitrogens with one attached hydrogen (secondary N) is 2. The van der Waals surface area contributed by atoms with E-state index in [2.05, 4.69) is 10.6 Å². The predicted molar refractivity (Wildman–Crippen MR) is 73.8 cm³/mol. The molecule has 1 saturated carbocycles. The lowest BCUT2D eigenvalue weighted by atomic mass is 10.1. The van der Waals surface area contributed by atoms with E-state index >= 15 is 0 Å². The van der Waals surface area contributed by atoms with E-state index < -0.39 is 0 Å². The summed E-state index contributed by atoms with van der Waals surface area (Å²) in [5, 5.41) is 5.92. The molecule has 1 heterocycles. The lowest BCUT2D eigenvalue weighted by Crippen LogP contribution is -2.48. The second kappa shape index (κ2) is 5.39.